The van der Waals surface area contributed by atoms with Crippen LogP contribution in [0.25, 0.3) is 21.8 Å². The number of hydrogen-bond acceptors (Lipinski definition) is 3. The van der Waals surface area contributed by atoms with Gasteiger partial charge in [-0.1, -0.05) is 36.4 Å². The Balaban J connectivity index is 0.000000165. The van der Waals surface area contributed by atoms with E-state index in [2.05, 4.69) is 16.4 Å². The van der Waals surface area contributed by atoms with Crippen molar-refractivity contribution in [2.45, 2.75) is 27.7 Å². The summed E-state index contributed by atoms with van der Waals surface area (Å²) >= 11 is 0. The standard InChI is InChI=1S/C15H15NO2.C15H13NO/c1-10-7-11(2)9-12(8-10)16-14-6-4-3-5-13(14)15(17)18;1-9-7-10(2)14-13(8-9)16-12-6-4-3-5-11(12)15(14)17/h3-9,16H,1-2H3,(H,17,18);3-8H,1-2H3,(H,16,17). The summed E-state index contributed by atoms with van der Waals surface area (Å²) in [4.78, 5) is 26.8. The number of carboxylic acids is 1. The Morgan fingerprint density at radius 1 is 0.771 bits per heavy atom. The Kier molecular flexibility index (Phi) is 6.69. The molecule has 5 rings (SSSR count). The first-order valence-electron chi connectivity index (χ1n) is 11.4. The van der Waals surface area contributed by atoms with Crippen molar-refractivity contribution in [3.63, 3.8) is 0 Å². The van der Waals surface area contributed by atoms with Gasteiger partial charge in [0.15, 0.2) is 5.43 Å². The normalized spacial score (nSPS) is 10.6. The molecule has 0 unspecified atom stereocenters. The van der Waals surface area contributed by atoms with Crippen molar-refractivity contribution in [1.29, 1.82) is 0 Å². The second-order valence-electron chi connectivity index (χ2n) is 8.86. The Morgan fingerprint density at radius 2 is 1.40 bits per heavy atom. The fraction of sp³-hybridized carbons (Fsp3) is 0.133. The van der Waals surface area contributed by atoms with Crippen LogP contribution in [0.15, 0.2) is 83.7 Å². The smallest absolute Gasteiger partial charge is 0.337 e. The zero-order valence-electron chi connectivity index (χ0n) is 20.3. The highest BCUT2D eigenvalue weighted by atomic mass is 16.4. The maximum absolute atomic E-state index is 12.4. The van der Waals surface area contributed by atoms with E-state index >= 15 is 0 Å². The lowest BCUT2D eigenvalue weighted by atomic mass is 10.0. The molecule has 5 aromatic rings. The molecule has 3 N–H and O–H groups in total. The van der Waals surface area contributed by atoms with Crippen molar-refractivity contribution in [3.05, 3.63) is 117 Å². The highest BCUT2D eigenvalue weighted by Crippen LogP contribution is 2.23. The number of H-pyrrole nitrogens is 1. The average Bonchev–Trinajstić information content (AvgIpc) is 2.78. The van der Waals surface area contributed by atoms with Crippen LogP contribution in [0.1, 0.15) is 32.6 Å². The van der Waals surface area contributed by atoms with Gasteiger partial charge in [-0.05, 0) is 92.4 Å². The van der Waals surface area contributed by atoms with E-state index in [4.69, 9.17) is 5.11 Å². The SMILES string of the molecule is Cc1cc(C)c2c(=O)c3ccccc3[nH]c2c1.Cc1cc(C)cc(Nc2ccccc2C(=O)O)c1. The number of pyridine rings is 1. The van der Waals surface area contributed by atoms with Crippen LogP contribution >= 0.6 is 0 Å². The van der Waals surface area contributed by atoms with Crippen LogP contribution in [0.5, 0.6) is 0 Å². The lowest BCUT2D eigenvalue weighted by Crippen LogP contribution is -2.05. The number of anilines is 2. The number of aromatic carboxylic acids is 1. The number of para-hydroxylation sites is 2. The van der Waals surface area contributed by atoms with Crippen molar-refractivity contribution in [3.8, 4) is 0 Å². The summed E-state index contributed by atoms with van der Waals surface area (Å²) in [5.74, 6) is -0.928. The predicted molar refractivity (Wildman–Crippen MR) is 144 cm³/mol. The number of hydrogen-bond donors (Lipinski definition) is 3. The van der Waals surface area contributed by atoms with Gasteiger partial charge in [0.2, 0.25) is 0 Å². The molecule has 5 nitrogen and oxygen atoms in total. The Hall–Kier alpha value is -4.38. The van der Waals surface area contributed by atoms with Gasteiger partial charge in [0, 0.05) is 22.0 Å². The molecule has 0 saturated carbocycles. The molecular formula is C30H28N2O3. The van der Waals surface area contributed by atoms with E-state index in [1.807, 2.05) is 82.3 Å². The minimum atomic E-state index is -0.928. The van der Waals surface area contributed by atoms with Crippen LogP contribution in [0.3, 0.4) is 0 Å². The zero-order valence-corrected chi connectivity index (χ0v) is 20.3. The van der Waals surface area contributed by atoms with Gasteiger partial charge in [0.1, 0.15) is 0 Å². The monoisotopic (exact) mass is 464 g/mol. The molecular weight excluding hydrogens is 436 g/mol. The molecule has 1 heterocycles. The van der Waals surface area contributed by atoms with E-state index in [0.717, 1.165) is 44.2 Å². The van der Waals surface area contributed by atoms with Gasteiger partial charge in [-0.3, -0.25) is 4.79 Å². The number of aromatic amines is 1. The van der Waals surface area contributed by atoms with Gasteiger partial charge in [-0.25, -0.2) is 4.79 Å². The fourth-order valence-electron chi connectivity index (χ4n) is 4.42. The second kappa shape index (κ2) is 9.85. The predicted octanol–water partition coefficient (Wildman–Crippen LogP) is 7.04. The summed E-state index contributed by atoms with van der Waals surface area (Å²) in [5.41, 5.74) is 8.21. The third kappa shape index (κ3) is 5.25. The zero-order chi connectivity index (χ0) is 25.1. The third-order valence-electron chi connectivity index (χ3n) is 5.81. The lowest BCUT2D eigenvalue weighted by Gasteiger charge is -2.11. The Morgan fingerprint density at radius 3 is 2.11 bits per heavy atom. The molecule has 5 heteroatoms. The van der Waals surface area contributed by atoms with Crippen LogP contribution in [-0.4, -0.2) is 16.1 Å². The summed E-state index contributed by atoms with van der Waals surface area (Å²) < 4.78 is 0. The minimum absolute atomic E-state index is 0.117. The summed E-state index contributed by atoms with van der Waals surface area (Å²) in [5, 5.41) is 13.8. The fourth-order valence-corrected chi connectivity index (χ4v) is 4.42. The molecule has 176 valence electrons. The molecule has 0 amide bonds. The van der Waals surface area contributed by atoms with Crippen LogP contribution in [0.2, 0.25) is 0 Å². The van der Waals surface area contributed by atoms with Gasteiger partial charge in [-0.15, -0.1) is 0 Å². The van der Waals surface area contributed by atoms with Gasteiger partial charge in [0.05, 0.1) is 16.8 Å². The number of carbonyl (C=O) groups is 1. The van der Waals surface area contributed by atoms with Crippen molar-refractivity contribution in [2.24, 2.45) is 0 Å². The van der Waals surface area contributed by atoms with Crippen molar-refractivity contribution < 1.29 is 9.90 Å². The molecule has 1 aromatic heterocycles. The second-order valence-corrected chi connectivity index (χ2v) is 8.86. The maximum Gasteiger partial charge on any atom is 0.337 e. The van der Waals surface area contributed by atoms with E-state index in [1.54, 1.807) is 18.2 Å². The van der Waals surface area contributed by atoms with E-state index in [9.17, 15) is 9.59 Å². The molecule has 4 aromatic carbocycles. The largest absolute Gasteiger partial charge is 0.478 e. The van der Waals surface area contributed by atoms with E-state index in [1.165, 1.54) is 5.56 Å². The Labute approximate surface area is 204 Å². The van der Waals surface area contributed by atoms with E-state index in [0.29, 0.717) is 5.69 Å². The molecule has 0 fully saturated rings. The summed E-state index contributed by atoms with van der Waals surface area (Å²) in [7, 11) is 0. The molecule has 0 bridgehead atoms. The highest BCUT2D eigenvalue weighted by molar-refractivity contribution is 5.95. The highest BCUT2D eigenvalue weighted by Gasteiger charge is 2.09. The number of rotatable bonds is 3. The van der Waals surface area contributed by atoms with E-state index in [-0.39, 0.29) is 11.0 Å². The van der Waals surface area contributed by atoms with Crippen molar-refractivity contribution >= 4 is 39.1 Å². The molecule has 0 aliphatic heterocycles. The number of carboxylic acid groups (broad SMARTS) is 1. The van der Waals surface area contributed by atoms with Crippen LogP contribution in [0.4, 0.5) is 11.4 Å². The molecule has 0 aliphatic carbocycles. The number of benzene rings is 4. The van der Waals surface area contributed by atoms with E-state index < -0.39 is 5.97 Å². The number of fused-ring (bicyclic) bond motifs is 2. The Bertz CT molecular complexity index is 1600. The first-order chi connectivity index (χ1) is 16.7. The molecule has 35 heavy (non-hydrogen) atoms. The third-order valence-corrected chi connectivity index (χ3v) is 5.81. The summed E-state index contributed by atoms with van der Waals surface area (Å²) in [6, 6.07) is 24.7. The van der Waals surface area contributed by atoms with Crippen LogP contribution < -0.4 is 10.7 Å². The number of aromatic nitrogens is 1. The number of aryl methyl sites for hydroxylation is 4. The molecule has 0 saturated heterocycles. The van der Waals surface area contributed by atoms with Crippen molar-refractivity contribution in [2.75, 3.05) is 5.32 Å². The van der Waals surface area contributed by atoms with Crippen LogP contribution in [0, 0.1) is 27.7 Å². The first-order valence-corrected chi connectivity index (χ1v) is 11.4. The number of nitrogens with one attached hydrogen (secondary N) is 2. The molecule has 0 radical (unpaired) electrons. The summed E-state index contributed by atoms with van der Waals surface area (Å²) in [6.07, 6.45) is 0. The lowest BCUT2D eigenvalue weighted by molar-refractivity contribution is 0.0698. The molecule has 0 atom stereocenters. The van der Waals surface area contributed by atoms with Crippen LogP contribution in [-0.2, 0) is 0 Å². The van der Waals surface area contributed by atoms with Gasteiger partial charge in [0.25, 0.3) is 0 Å². The summed E-state index contributed by atoms with van der Waals surface area (Å²) in [6.45, 7) is 8.06. The minimum Gasteiger partial charge on any atom is -0.478 e. The molecule has 0 aliphatic rings. The quantitative estimate of drug-likeness (QED) is 0.250. The topological polar surface area (TPSA) is 82.2 Å². The maximum atomic E-state index is 12.4. The average molecular weight is 465 g/mol. The van der Waals surface area contributed by atoms with Gasteiger partial charge >= 0.3 is 5.97 Å². The van der Waals surface area contributed by atoms with Gasteiger partial charge < -0.3 is 15.4 Å². The molecule has 0 spiro atoms. The van der Waals surface area contributed by atoms with Gasteiger partial charge in [-0.2, -0.15) is 0 Å². The van der Waals surface area contributed by atoms with Crippen molar-refractivity contribution in [1.82, 2.24) is 4.98 Å². The first kappa shape index (κ1) is 23.8.